The number of aliphatic carboxylic acids is 1. The predicted molar refractivity (Wildman–Crippen MR) is 82.2 cm³/mol. The summed E-state index contributed by atoms with van der Waals surface area (Å²) in [5.41, 5.74) is 0.218. The van der Waals surface area contributed by atoms with Crippen molar-refractivity contribution in [3.05, 3.63) is 0 Å². The number of carboxylic acids is 1. The molecule has 0 aliphatic carbocycles. The number of nitrogens with one attached hydrogen (secondary N) is 1. The molecule has 0 aromatic carbocycles. The monoisotopic (exact) mass is 302 g/mol. The number of carboxylic acid groups (broad SMARTS) is 1. The van der Waals surface area contributed by atoms with Crippen molar-refractivity contribution in [1.29, 1.82) is 0 Å². The second-order valence-electron chi connectivity index (χ2n) is 5.50. The Morgan fingerprint density at radius 3 is 2.50 bits per heavy atom. The summed E-state index contributed by atoms with van der Waals surface area (Å²) in [4.78, 5) is 25.1. The number of likely N-dealkylation sites (tertiary alicyclic amines) is 1. The molecule has 1 rings (SSSR count). The summed E-state index contributed by atoms with van der Waals surface area (Å²) in [7, 11) is 0. The zero-order valence-electron chi connectivity index (χ0n) is 12.6. The molecule has 2 N–H and O–H groups in total. The van der Waals surface area contributed by atoms with Crippen LogP contribution in [0.25, 0.3) is 0 Å². The SMILES string of the molecule is CCC1(CC)CCN(C(=O)NC(CCSC)C(=O)O)C1. The van der Waals surface area contributed by atoms with Crippen LogP contribution in [0.15, 0.2) is 0 Å². The molecule has 1 aliphatic heterocycles. The van der Waals surface area contributed by atoms with E-state index in [4.69, 9.17) is 5.11 Å². The summed E-state index contributed by atoms with van der Waals surface area (Å²) in [6.45, 7) is 5.77. The van der Waals surface area contributed by atoms with E-state index in [9.17, 15) is 9.59 Å². The van der Waals surface area contributed by atoms with E-state index in [0.29, 0.717) is 6.42 Å². The van der Waals surface area contributed by atoms with Crippen LogP contribution in [0.1, 0.15) is 39.5 Å². The molecule has 0 radical (unpaired) electrons. The maximum absolute atomic E-state index is 12.2. The van der Waals surface area contributed by atoms with Crippen molar-refractivity contribution in [2.75, 3.05) is 25.1 Å². The summed E-state index contributed by atoms with van der Waals surface area (Å²) in [6.07, 6.45) is 5.51. The van der Waals surface area contributed by atoms with Gasteiger partial charge >= 0.3 is 12.0 Å². The fourth-order valence-electron chi connectivity index (χ4n) is 2.67. The van der Waals surface area contributed by atoms with Crippen LogP contribution >= 0.6 is 11.8 Å². The van der Waals surface area contributed by atoms with Crippen molar-refractivity contribution in [1.82, 2.24) is 10.2 Å². The number of urea groups is 1. The molecular weight excluding hydrogens is 276 g/mol. The Morgan fingerprint density at radius 1 is 1.40 bits per heavy atom. The quantitative estimate of drug-likeness (QED) is 0.758. The number of carbonyl (C=O) groups is 2. The van der Waals surface area contributed by atoms with Gasteiger partial charge in [0.2, 0.25) is 0 Å². The third-order valence-corrected chi connectivity index (χ3v) is 5.08. The van der Waals surface area contributed by atoms with Crippen molar-refractivity contribution in [3.63, 3.8) is 0 Å². The average Bonchev–Trinajstić information content (AvgIpc) is 2.88. The van der Waals surface area contributed by atoms with E-state index in [2.05, 4.69) is 19.2 Å². The van der Waals surface area contributed by atoms with E-state index >= 15 is 0 Å². The minimum absolute atomic E-state index is 0.218. The molecule has 2 amide bonds. The summed E-state index contributed by atoms with van der Waals surface area (Å²) < 4.78 is 0. The van der Waals surface area contributed by atoms with E-state index in [1.807, 2.05) is 6.26 Å². The van der Waals surface area contributed by atoms with Gasteiger partial charge in [0.25, 0.3) is 0 Å². The normalized spacial score (nSPS) is 18.9. The maximum atomic E-state index is 12.2. The molecule has 1 atom stereocenters. The number of carbonyl (C=O) groups excluding carboxylic acids is 1. The average molecular weight is 302 g/mol. The lowest BCUT2D eigenvalue weighted by Gasteiger charge is -2.27. The molecule has 5 nitrogen and oxygen atoms in total. The van der Waals surface area contributed by atoms with Crippen molar-refractivity contribution < 1.29 is 14.7 Å². The minimum Gasteiger partial charge on any atom is -0.480 e. The first-order chi connectivity index (χ1) is 9.48. The number of hydrogen-bond acceptors (Lipinski definition) is 3. The zero-order valence-corrected chi connectivity index (χ0v) is 13.5. The van der Waals surface area contributed by atoms with E-state index in [1.54, 1.807) is 16.7 Å². The predicted octanol–water partition coefficient (Wildman–Crippen LogP) is 2.41. The van der Waals surface area contributed by atoms with E-state index in [0.717, 1.165) is 38.1 Å². The molecule has 1 fully saturated rings. The molecule has 1 aliphatic rings. The Bertz CT molecular complexity index is 345. The van der Waals surface area contributed by atoms with E-state index in [-0.39, 0.29) is 11.4 Å². The van der Waals surface area contributed by atoms with Crippen molar-refractivity contribution in [2.24, 2.45) is 5.41 Å². The lowest BCUT2D eigenvalue weighted by molar-refractivity contribution is -0.139. The highest BCUT2D eigenvalue weighted by Crippen LogP contribution is 2.36. The molecule has 1 heterocycles. The Morgan fingerprint density at radius 2 is 2.05 bits per heavy atom. The van der Waals surface area contributed by atoms with Gasteiger partial charge < -0.3 is 15.3 Å². The summed E-state index contributed by atoms with van der Waals surface area (Å²) >= 11 is 1.59. The Labute approximate surface area is 125 Å². The molecule has 116 valence electrons. The smallest absolute Gasteiger partial charge is 0.326 e. The first-order valence-corrected chi connectivity index (χ1v) is 8.64. The van der Waals surface area contributed by atoms with Gasteiger partial charge in [0.15, 0.2) is 0 Å². The minimum atomic E-state index is -0.955. The van der Waals surface area contributed by atoms with Gasteiger partial charge in [0.05, 0.1) is 0 Å². The third-order valence-electron chi connectivity index (χ3n) is 4.43. The largest absolute Gasteiger partial charge is 0.480 e. The number of hydrogen-bond donors (Lipinski definition) is 2. The molecule has 6 heteroatoms. The molecule has 1 saturated heterocycles. The summed E-state index contributed by atoms with van der Waals surface area (Å²) in [6, 6.07) is -1.02. The number of amides is 2. The van der Waals surface area contributed by atoms with Gasteiger partial charge in [-0.25, -0.2) is 9.59 Å². The van der Waals surface area contributed by atoms with Gasteiger partial charge in [-0.2, -0.15) is 11.8 Å². The fraction of sp³-hybridized carbons (Fsp3) is 0.857. The van der Waals surface area contributed by atoms with Crippen LogP contribution in [0.5, 0.6) is 0 Å². The molecule has 20 heavy (non-hydrogen) atoms. The van der Waals surface area contributed by atoms with Gasteiger partial charge in [-0.1, -0.05) is 13.8 Å². The first kappa shape index (κ1) is 17.1. The van der Waals surface area contributed by atoms with Gasteiger partial charge in [-0.3, -0.25) is 0 Å². The van der Waals surface area contributed by atoms with Crippen LogP contribution in [0, 0.1) is 5.41 Å². The highest BCUT2D eigenvalue weighted by Gasteiger charge is 2.37. The Balaban J connectivity index is 2.55. The molecule has 0 bridgehead atoms. The Kier molecular flexibility index (Phi) is 6.65. The zero-order chi connectivity index (χ0) is 15.2. The molecule has 0 aromatic rings. The van der Waals surface area contributed by atoms with Crippen LogP contribution < -0.4 is 5.32 Å². The van der Waals surface area contributed by atoms with Crippen LogP contribution in [0.3, 0.4) is 0 Å². The highest BCUT2D eigenvalue weighted by atomic mass is 32.2. The van der Waals surface area contributed by atoms with Gasteiger partial charge in [0.1, 0.15) is 6.04 Å². The number of rotatable bonds is 7. The second kappa shape index (κ2) is 7.76. The van der Waals surface area contributed by atoms with Crippen molar-refractivity contribution >= 4 is 23.8 Å². The van der Waals surface area contributed by atoms with Crippen LogP contribution in [-0.2, 0) is 4.79 Å². The van der Waals surface area contributed by atoms with Crippen molar-refractivity contribution in [3.8, 4) is 0 Å². The number of nitrogens with zero attached hydrogens (tertiary/aromatic N) is 1. The summed E-state index contributed by atoms with van der Waals surface area (Å²) in [5, 5.41) is 11.8. The highest BCUT2D eigenvalue weighted by molar-refractivity contribution is 7.98. The molecule has 0 saturated carbocycles. The Hall–Kier alpha value is -0.910. The van der Waals surface area contributed by atoms with E-state index < -0.39 is 12.0 Å². The number of thioether (sulfide) groups is 1. The van der Waals surface area contributed by atoms with Crippen LogP contribution in [-0.4, -0.2) is 53.1 Å². The van der Waals surface area contributed by atoms with Gasteiger partial charge in [-0.05, 0) is 43.1 Å². The molecule has 1 unspecified atom stereocenters. The van der Waals surface area contributed by atoms with Gasteiger partial charge in [0, 0.05) is 13.1 Å². The molecule has 0 spiro atoms. The van der Waals surface area contributed by atoms with E-state index in [1.165, 1.54) is 0 Å². The standard InChI is InChI=1S/C14H26N2O3S/c1-4-14(5-2)7-8-16(10-14)13(19)15-11(12(17)18)6-9-20-3/h11H,4-10H2,1-3H3,(H,15,19)(H,17,18). The van der Waals surface area contributed by atoms with Crippen LogP contribution in [0.2, 0.25) is 0 Å². The molecular formula is C14H26N2O3S. The topological polar surface area (TPSA) is 69.6 Å². The second-order valence-corrected chi connectivity index (χ2v) is 6.49. The fourth-order valence-corrected chi connectivity index (χ4v) is 3.14. The summed E-state index contributed by atoms with van der Waals surface area (Å²) in [5.74, 6) is -0.227. The lowest BCUT2D eigenvalue weighted by Crippen LogP contribution is -2.48. The first-order valence-electron chi connectivity index (χ1n) is 7.25. The van der Waals surface area contributed by atoms with Crippen LogP contribution in [0.4, 0.5) is 4.79 Å². The third kappa shape index (κ3) is 4.30. The van der Waals surface area contributed by atoms with Crippen molar-refractivity contribution in [2.45, 2.75) is 45.6 Å². The van der Waals surface area contributed by atoms with Gasteiger partial charge in [-0.15, -0.1) is 0 Å². The molecule has 0 aromatic heterocycles. The maximum Gasteiger partial charge on any atom is 0.326 e. The lowest BCUT2D eigenvalue weighted by atomic mass is 9.82.